The van der Waals surface area contributed by atoms with Crippen molar-refractivity contribution < 1.29 is 4.79 Å². The first-order valence-electron chi connectivity index (χ1n) is 13.8. The van der Waals surface area contributed by atoms with E-state index < -0.39 is 0 Å². The van der Waals surface area contributed by atoms with Gasteiger partial charge in [0.25, 0.3) is 0 Å². The zero-order chi connectivity index (χ0) is 25.5. The first-order valence-corrected chi connectivity index (χ1v) is 13.8. The highest BCUT2D eigenvalue weighted by molar-refractivity contribution is 5.89. The van der Waals surface area contributed by atoms with Gasteiger partial charge in [-0.2, -0.15) is 10.2 Å². The molecule has 3 aromatic heterocycles. The van der Waals surface area contributed by atoms with Crippen molar-refractivity contribution in [1.29, 1.82) is 0 Å². The summed E-state index contributed by atoms with van der Waals surface area (Å²) in [7, 11) is 3.90. The van der Waals surface area contributed by atoms with Gasteiger partial charge in [-0.1, -0.05) is 0 Å². The summed E-state index contributed by atoms with van der Waals surface area (Å²) in [6.45, 7) is 9.60. The van der Waals surface area contributed by atoms with Crippen LogP contribution in [-0.2, 0) is 31.4 Å². The van der Waals surface area contributed by atoms with Crippen LogP contribution in [0.5, 0.6) is 0 Å². The zero-order valence-corrected chi connectivity index (χ0v) is 22.6. The van der Waals surface area contributed by atoms with Crippen LogP contribution in [-0.4, -0.2) is 79.0 Å². The Morgan fingerprint density at radius 1 is 1.03 bits per heavy atom. The number of hydrogen-bond donors (Lipinski definition) is 0. The smallest absolute Gasteiger partial charge is 0.236 e. The second kappa shape index (κ2) is 8.03. The van der Waals surface area contributed by atoms with Crippen molar-refractivity contribution in [3.8, 4) is 0 Å². The summed E-state index contributed by atoms with van der Waals surface area (Å²) in [5.74, 6) is 0.277. The molecule has 196 valence electrons. The summed E-state index contributed by atoms with van der Waals surface area (Å²) >= 11 is 0. The van der Waals surface area contributed by atoms with Crippen LogP contribution in [0.25, 0.3) is 11.0 Å². The van der Waals surface area contributed by atoms with Gasteiger partial charge in [0.15, 0.2) is 5.65 Å². The molecule has 0 radical (unpaired) electrons. The second-order valence-corrected chi connectivity index (χ2v) is 12.3. The van der Waals surface area contributed by atoms with Gasteiger partial charge in [-0.25, -0.2) is 4.98 Å². The first-order chi connectivity index (χ1) is 17.8. The highest BCUT2D eigenvalue weighted by Gasteiger charge is 2.57. The van der Waals surface area contributed by atoms with E-state index in [4.69, 9.17) is 10.1 Å². The number of carbonyl (C=O) groups is 1. The molecule has 3 aromatic rings. The lowest BCUT2D eigenvalue weighted by Crippen LogP contribution is -2.56. The molecule has 5 heterocycles. The Balaban J connectivity index is 1.12. The fourth-order valence-electron chi connectivity index (χ4n) is 7.90. The third-order valence-electron chi connectivity index (χ3n) is 10.0. The van der Waals surface area contributed by atoms with Gasteiger partial charge in [-0.05, 0) is 57.4 Å². The predicted molar refractivity (Wildman–Crippen MR) is 142 cm³/mol. The van der Waals surface area contributed by atoms with Gasteiger partial charge >= 0.3 is 0 Å². The molecule has 1 amide bonds. The van der Waals surface area contributed by atoms with Crippen LogP contribution in [0.2, 0.25) is 0 Å². The van der Waals surface area contributed by atoms with Gasteiger partial charge in [-0.15, -0.1) is 0 Å². The summed E-state index contributed by atoms with van der Waals surface area (Å²) in [6, 6.07) is 2.20. The number of pyridine rings is 1. The Morgan fingerprint density at radius 3 is 2.62 bits per heavy atom. The van der Waals surface area contributed by atoms with Crippen molar-refractivity contribution in [2.45, 2.75) is 71.0 Å². The molecule has 9 heteroatoms. The Kier molecular flexibility index (Phi) is 5.03. The lowest BCUT2D eigenvalue weighted by molar-refractivity contribution is -0.137. The number of rotatable bonds is 4. The molecule has 37 heavy (non-hydrogen) atoms. The molecular formula is C28H38N8O. The largest absolute Gasteiger partial charge is 0.366 e. The summed E-state index contributed by atoms with van der Waals surface area (Å²) in [5.41, 5.74) is 7.72. The molecule has 7 rings (SSSR count). The Hall–Kier alpha value is -2.94. The first kappa shape index (κ1) is 23.2. The highest BCUT2D eigenvalue weighted by atomic mass is 16.2. The molecule has 2 aliphatic heterocycles. The number of amides is 1. The molecule has 4 aliphatic rings. The van der Waals surface area contributed by atoms with Crippen LogP contribution >= 0.6 is 0 Å². The topological polar surface area (TPSA) is 75.3 Å². The van der Waals surface area contributed by atoms with E-state index in [1.165, 1.54) is 49.0 Å². The minimum absolute atomic E-state index is 0.226. The normalized spacial score (nSPS) is 28.1. The molecule has 0 unspecified atom stereocenters. The third kappa shape index (κ3) is 3.53. The fraction of sp³-hybridized carbons (Fsp3) is 0.643. The maximum atomic E-state index is 12.4. The van der Waals surface area contributed by atoms with Crippen molar-refractivity contribution >= 4 is 22.6 Å². The van der Waals surface area contributed by atoms with Crippen LogP contribution in [0.1, 0.15) is 54.7 Å². The molecule has 2 bridgehead atoms. The molecule has 0 N–H and O–H groups in total. The van der Waals surface area contributed by atoms with Crippen molar-refractivity contribution in [1.82, 2.24) is 34.3 Å². The predicted octanol–water partition coefficient (Wildman–Crippen LogP) is 2.82. The van der Waals surface area contributed by atoms with Crippen molar-refractivity contribution in [3.05, 3.63) is 34.9 Å². The number of anilines is 1. The van der Waals surface area contributed by atoms with E-state index in [9.17, 15) is 4.79 Å². The number of carbonyl (C=O) groups excluding carboxylic acids is 1. The molecule has 2 saturated carbocycles. The third-order valence-corrected chi connectivity index (χ3v) is 10.0. The van der Waals surface area contributed by atoms with E-state index in [1.807, 2.05) is 29.9 Å². The molecule has 0 aromatic carbocycles. The van der Waals surface area contributed by atoms with Gasteiger partial charge in [0.2, 0.25) is 5.91 Å². The quantitative estimate of drug-likeness (QED) is 0.546. The highest BCUT2D eigenvalue weighted by Crippen LogP contribution is 2.60. The van der Waals surface area contributed by atoms with Crippen LogP contribution in [0.15, 0.2) is 12.3 Å². The van der Waals surface area contributed by atoms with Crippen molar-refractivity contribution in [2.24, 2.45) is 12.5 Å². The summed E-state index contributed by atoms with van der Waals surface area (Å²) in [6.07, 6.45) is 9.12. The number of nitrogens with zero attached hydrogens (tertiary/aromatic N) is 8. The van der Waals surface area contributed by atoms with Gasteiger partial charge in [-0.3, -0.25) is 19.1 Å². The van der Waals surface area contributed by atoms with E-state index in [-0.39, 0.29) is 11.4 Å². The lowest BCUT2D eigenvalue weighted by atomic mass is 9.83. The Bertz CT molecular complexity index is 1390. The van der Waals surface area contributed by atoms with Gasteiger partial charge in [0, 0.05) is 75.7 Å². The molecule has 0 atom stereocenters. The molecule has 1 saturated heterocycles. The van der Waals surface area contributed by atoms with E-state index in [0.717, 1.165) is 61.6 Å². The van der Waals surface area contributed by atoms with E-state index in [2.05, 4.69) is 39.5 Å². The summed E-state index contributed by atoms with van der Waals surface area (Å²) in [4.78, 5) is 24.1. The van der Waals surface area contributed by atoms with E-state index >= 15 is 0 Å². The number of fused-ring (bicyclic) bond motifs is 4. The Labute approximate surface area is 218 Å². The number of likely N-dealkylation sites (N-methyl/N-ethyl adjacent to an activating group) is 1. The van der Waals surface area contributed by atoms with E-state index in [1.54, 1.807) is 0 Å². The van der Waals surface area contributed by atoms with E-state index in [0.29, 0.717) is 12.0 Å². The maximum absolute atomic E-state index is 12.4. The molecule has 9 nitrogen and oxygen atoms in total. The minimum atomic E-state index is 0.226. The van der Waals surface area contributed by atoms with Crippen LogP contribution in [0, 0.1) is 19.3 Å². The maximum Gasteiger partial charge on any atom is 0.236 e. The van der Waals surface area contributed by atoms with Crippen LogP contribution < -0.4 is 4.90 Å². The molecular weight excluding hydrogens is 464 g/mol. The van der Waals surface area contributed by atoms with Gasteiger partial charge in [0.05, 0.1) is 29.5 Å². The SMILES string of the molecule is Cc1cc(N2CCc3c(c(C)nn3CC34CCC(N5CCN(C)C(=O)C5)(CC3)C4)C2)c2cnn(C)c2n1. The summed E-state index contributed by atoms with van der Waals surface area (Å²) in [5, 5.41) is 10.7. The number of aryl methyl sites for hydroxylation is 3. The fourth-order valence-corrected chi connectivity index (χ4v) is 7.90. The van der Waals surface area contributed by atoms with Gasteiger partial charge in [0.1, 0.15) is 0 Å². The van der Waals surface area contributed by atoms with Crippen LogP contribution in [0.4, 0.5) is 5.69 Å². The average molecular weight is 503 g/mol. The molecule has 0 spiro atoms. The minimum Gasteiger partial charge on any atom is -0.366 e. The molecule has 3 fully saturated rings. The van der Waals surface area contributed by atoms with Crippen LogP contribution in [0.3, 0.4) is 0 Å². The Morgan fingerprint density at radius 2 is 1.84 bits per heavy atom. The van der Waals surface area contributed by atoms with Crippen molar-refractivity contribution in [3.63, 3.8) is 0 Å². The monoisotopic (exact) mass is 502 g/mol. The standard InChI is InChI=1S/C28H38N8O/c1-19-13-24(21-14-29-33(4)26(21)30-19)34-10-5-23-22(15-34)20(2)31-36(23)18-27-6-8-28(17-27,9-7-27)35-12-11-32(3)25(37)16-35/h13-14H,5-12,15-18H2,1-4H3. The number of hydrogen-bond acceptors (Lipinski definition) is 6. The number of piperazine rings is 1. The second-order valence-electron chi connectivity index (χ2n) is 12.3. The molecule has 2 aliphatic carbocycles. The van der Waals surface area contributed by atoms with Crippen molar-refractivity contribution in [2.75, 3.05) is 38.1 Å². The average Bonchev–Trinajstić information content (AvgIpc) is 3.63. The zero-order valence-electron chi connectivity index (χ0n) is 22.6. The lowest BCUT2D eigenvalue weighted by Gasteiger charge is -2.43. The number of aromatic nitrogens is 5. The summed E-state index contributed by atoms with van der Waals surface area (Å²) < 4.78 is 4.24. The van der Waals surface area contributed by atoms with Gasteiger partial charge < -0.3 is 9.80 Å².